The molecule has 0 radical (unpaired) electrons. The number of nitrogens with zero attached hydrogens (tertiary/aromatic N) is 1. The number of rotatable bonds is 5. The molecule has 6 heteroatoms. The van der Waals surface area contributed by atoms with Crippen molar-refractivity contribution in [3.05, 3.63) is 0 Å². The van der Waals surface area contributed by atoms with E-state index in [0.29, 0.717) is 12.2 Å². The molecule has 0 spiro atoms. The SMILES string of the molecule is CC(SCCC(=O)N1CCNCC1)C(=O)O. The van der Waals surface area contributed by atoms with E-state index >= 15 is 0 Å². The quantitative estimate of drug-likeness (QED) is 0.715. The number of thioether (sulfide) groups is 1. The van der Waals surface area contributed by atoms with Gasteiger partial charge in [-0.05, 0) is 6.92 Å². The molecule has 1 amide bonds. The van der Waals surface area contributed by atoms with Crippen molar-refractivity contribution in [3.63, 3.8) is 0 Å². The molecule has 0 aromatic carbocycles. The molecule has 0 bridgehead atoms. The van der Waals surface area contributed by atoms with Crippen molar-refractivity contribution >= 4 is 23.6 Å². The Morgan fingerprint density at radius 2 is 2.06 bits per heavy atom. The summed E-state index contributed by atoms with van der Waals surface area (Å²) in [7, 11) is 0. The van der Waals surface area contributed by atoms with Gasteiger partial charge in [-0.1, -0.05) is 0 Å². The average Bonchev–Trinajstić information content (AvgIpc) is 2.29. The molecule has 0 aromatic heterocycles. The van der Waals surface area contributed by atoms with Crippen LogP contribution in [0, 0.1) is 0 Å². The Morgan fingerprint density at radius 3 is 2.62 bits per heavy atom. The van der Waals surface area contributed by atoms with Gasteiger partial charge in [0.05, 0.1) is 5.25 Å². The Kier molecular flexibility index (Phi) is 5.62. The van der Waals surface area contributed by atoms with E-state index in [1.807, 2.05) is 4.90 Å². The maximum atomic E-state index is 11.7. The number of carboxylic acid groups (broad SMARTS) is 1. The van der Waals surface area contributed by atoms with Crippen LogP contribution in [0.15, 0.2) is 0 Å². The van der Waals surface area contributed by atoms with Crippen LogP contribution in [-0.4, -0.2) is 59.1 Å². The van der Waals surface area contributed by atoms with Crippen molar-refractivity contribution in [2.24, 2.45) is 0 Å². The third-order valence-corrected chi connectivity index (χ3v) is 3.64. The number of hydrogen-bond donors (Lipinski definition) is 2. The molecule has 1 aliphatic rings. The molecular formula is C10H18N2O3S. The third-order valence-electron chi connectivity index (χ3n) is 2.50. The molecule has 1 unspecified atom stereocenters. The number of carbonyl (C=O) groups excluding carboxylic acids is 1. The van der Waals surface area contributed by atoms with E-state index in [-0.39, 0.29) is 5.91 Å². The average molecular weight is 246 g/mol. The van der Waals surface area contributed by atoms with E-state index in [1.165, 1.54) is 11.8 Å². The Hall–Kier alpha value is -0.750. The summed E-state index contributed by atoms with van der Waals surface area (Å²) >= 11 is 1.31. The lowest BCUT2D eigenvalue weighted by atomic mass is 10.3. The Balaban J connectivity index is 2.16. The molecule has 0 aliphatic carbocycles. The highest BCUT2D eigenvalue weighted by Crippen LogP contribution is 2.12. The van der Waals surface area contributed by atoms with Crippen LogP contribution < -0.4 is 5.32 Å². The van der Waals surface area contributed by atoms with Crippen molar-refractivity contribution in [1.82, 2.24) is 10.2 Å². The Morgan fingerprint density at radius 1 is 1.44 bits per heavy atom. The summed E-state index contributed by atoms with van der Waals surface area (Å²) in [6.07, 6.45) is 0.433. The number of carboxylic acids is 1. The van der Waals surface area contributed by atoms with Crippen molar-refractivity contribution < 1.29 is 14.7 Å². The molecule has 2 N–H and O–H groups in total. The molecule has 1 saturated heterocycles. The first-order chi connectivity index (χ1) is 7.61. The highest BCUT2D eigenvalue weighted by molar-refractivity contribution is 8.00. The topological polar surface area (TPSA) is 69.6 Å². The van der Waals surface area contributed by atoms with E-state index in [4.69, 9.17) is 5.11 Å². The minimum Gasteiger partial charge on any atom is -0.480 e. The summed E-state index contributed by atoms with van der Waals surface area (Å²) < 4.78 is 0. The lowest BCUT2D eigenvalue weighted by Gasteiger charge is -2.27. The zero-order valence-electron chi connectivity index (χ0n) is 9.44. The molecule has 1 rings (SSSR count). The maximum Gasteiger partial charge on any atom is 0.316 e. The second kappa shape index (κ2) is 6.75. The number of nitrogens with one attached hydrogen (secondary N) is 1. The van der Waals surface area contributed by atoms with Gasteiger partial charge in [0, 0.05) is 38.4 Å². The zero-order valence-corrected chi connectivity index (χ0v) is 10.3. The van der Waals surface area contributed by atoms with Gasteiger partial charge in [0.15, 0.2) is 0 Å². The van der Waals surface area contributed by atoms with Crippen LogP contribution >= 0.6 is 11.8 Å². The predicted molar refractivity (Wildman–Crippen MR) is 63.6 cm³/mol. The fourth-order valence-corrected chi connectivity index (χ4v) is 2.26. The van der Waals surface area contributed by atoms with Crippen LogP contribution in [0.2, 0.25) is 0 Å². The van der Waals surface area contributed by atoms with Crippen LogP contribution in [-0.2, 0) is 9.59 Å². The van der Waals surface area contributed by atoms with E-state index < -0.39 is 11.2 Å². The third kappa shape index (κ3) is 4.40. The van der Waals surface area contributed by atoms with Crippen LogP contribution in [0.5, 0.6) is 0 Å². The largest absolute Gasteiger partial charge is 0.480 e. The van der Waals surface area contributed by atoms with E-state index in [9.17, 15) is 9.59 Å². The fourth-order valence-electron chi connectivity index (χ4n) is 1.47. The normalized spacial score (nSPS) is 18.2. The van der Waals surface area contributed by atoms with Gasteiger partial charge < -0.3 is 15.3 Å². The molecule has 1 aliphatic heterocycles. The highest BCUT2D eigenvalue weighted by atomic mass is 32.2. The lowest BCUT2D eigenvalue weighted by molar-refractivity contribution is -0.136. The Bertz CT molecular complexity index is 254. The van der Waals surface area contributed by atoms with Gasteiger partial charge in [0.2, 0.25) is 5.91 Å². The number of amides is 1. The van der Waals surface area contributed by atoms with E-state index in [2.05, 4.69) is 5.32 Å². The second-order valence-corrected chi connectivity index (χ2v) is 5.18. The summed E-state index contributed by atoms with van der Waals surface area (Å²) in [6.45, 7) is 4.87. The standard InChI is InChI=1S/C10H18N2O3S/c1-8(10(14)15)16-7-2-9(13)12-5-3-11-4-6-12/h8,11H,2-7H2,1H3,(H,14,15). The summed E-state index contributed by atoms with van der Waals surface area (Å²) in [5.41, 5.74) is 0. The molecule has 1 fully saturated rings. The molecule has 16 heavy (non-hydrogen) atoms. The number of carbonyl (C=O) groups is 2. The van der Waals surface area contributed by atoms with Gasteiger partial charge in [-0.3, -0.25) is 9.59 Å². The van der Waals surface area contributed by atoms with Gasteiger partial charge in [0.1, 0.15) is 0 Å². The summed E-state index contributed by atoms with van der Waals surface area (Å²) in [5.74, 6) is -0.109. The number of piperazine rings is 1. The van der Waals surface area contributed by atoms with Crippen LogP contribution in [0.3, 0.4) is 0 Å². The van der Waals surface area contributed by atoms with Gasteiger partial charge in [-0.15, -0.1) is 11.8 Å². The van der Waals surface area contributed by atoms with Gasteiger partial charge in [-0.25, -0.2) is 0 Å². The van der Waals surface area contributed by atoms with Crippen molar-refractivity contribution in [2.45, 2.75) is 18.6 Å². The van der Waals surface area contributed by atoms with Crippen LogP contribution in [0.4, 0.5) is 0 Å². The number of hydrogen-bond acceptors (Lipinski definition) is 4. The zero-order chi connectivity index (χ0) is 12.0. The molecule has 92 valence electrons. The number of aliphatic carboxylic acids is 1. The molecule has 5 nitrogen and oxygen atoms in total. The van der Waals surface area contributed by atoms with Crippen LogP contribution in [0.25, 0.3) is 0 Å². The monoisotopic (exact) mass is 246 g/mol. The summed E-state index contributed by atoms with van der Waals surface area (Å²) in [6, 6.07) is 0. The van der Waals surface area contributed by atoms with Gasteiger partial charge in [-0.2, -0.15) is 0 Å². The minimum atomic E-state index is -0.820. The maximum absolute atomic E-state index is 11.7. The lowest BCUT2D eigenvalue weighted by Crippen LogP contribution is -2.46. The minimum absolute atomic E-state index is 0.131. The Labute approximate surface area is 99.6 Å². The van der Waals surface area contributed by atoms with Crippen molar-refractivity contribution in [3.8, 4) is 0 Å². The highest BCUT2D eigenvalue weighted by Gasteiger charge is 2.17. The van der Waals surface area contributed by atoms with Crippen molar-refractivity contribution in [2.75, 3.05) is 31.9 Å². The second-order valence-electron chi connectivity index (χ2n) is 3.73. The van der Waals surface area contributed by atoms with Crippen molar-refractivity contribution in [1.29, 1.82) is 0 Å². The first kappa shape index (κ1) is 13.3. The van der Waals surface area contributed by atoms with E-state index in [1.54, 1.807) is 6.92 Å². The molecular weight excluding hydrogens is 228 g/mol. The fraction of sp³-hybridized carbons (Fsp3) is 0.800. The predicted octanol–water partition coefficient (Wildman–Crippen LogP) is 0.0146. The molecule has 0 saturated carbocycles. The first-order valence-electron chi connectivity index (χ1n) is 5.44. The molecule has 1 heterocycles. The first-order valence-corrected chi connectivity index (χ1v) is 6.49. The smallest absolute Gasteiger partial charge is 0.316 e. The van der Waals surface area contributed by atoms with Crippen LogP contribution in [0.1, 0.15) is 13.3 Å². The summed E-state index contributed by atoms with van der Waals surface area (Å²) in [4.78, 5) is 24.1. The van der Waals surface area contributed by atoms with Gasteiger partial charge >= 0.3 is 5.97 Å². The summed E-state index contributed by atoms with van der Waals surface area (Å²) in [5, 5.41) is 11.4. The van der Waals surface area contributed by atoms with Gasteiger partial charge in [0.25, 0.3) is 0 Å². The molecule has 1 atom stereocenters. The van der Waals surface area contributed by atoms with E-state index in [0.717, 1.165) is 26.2 Å². The molecule has 0 aromatic rings.